The smallest absolute Gasteiger partial charge is 0.428 e. The molecule has 3 aromatic rings. The Balaban J connectivity index is 1.72. The zero-order chi connectivity index (χ0) is 29.9. The average molecular weight is 733 g/mol. The minimum Gasteiger partial charge on any atom is -0.428 e. The van der Waals surface area contributed by atoms with Crippen LogP contribution in [0.5, 0.6) is 5.75 Å². The van der Waals surface area contributed by atoms with E-state index < -0.39 is 23.8 Å². The van der Waals surface area contributed by atoms with E-state index in [4.69, 9.17) is 17.2 Å². The van der Waals surface area contributed by atoms with Gasteiger partial charge in [-0.25, -0.2) is 4.99 Å². The van der Waals surface area contributed by atoms with Gasteiger partial charge < -0.3 is 10.1 Å². The predicted molar refractivity (Wildman–Crippen MR) is 169 cm³/mol. The largest absolute Gasteiger partial charge is 0.461 e. The molecule has 2 atom stereocenters. The lowest BCUT2D eigenvalue weighted by atomic mass is 9.85. The number of benzene rings is 3. The quantitative estimate of drug-likeness (QED) is 0.185. The summed E-state index contributed by atoms with van der Waals surface area (Å²) in [5, 5.41) is 4.07. The van der Waals surface area contributed by atoms with Crippen LogP contribution < -0.4 is 10.1 Å². The summed E-state index contributed by atoms with van der Waals surface area (Å²) in [5.41, 5.74) is 1.46. The van der Waals surface area contributed by atoms with Crippen molar-refractivity contribution in [3.8, 4) is 5.75 Å². The Bertz CT molecular complexity index is 1410. The number of hydrogen-bond acceptors (Lipinski definition) is 4. The molecule has 1 heterocycles. The normalized spacial score (nSPS) is 18.2. The van der Waals surface area contributed by atoms with Crippen LogP contribution in [0.25, 0.3) is 0 Å². The van der Waals surface area contributed by atoms with Crippen molar-refractivity contribution in [2.24, 2.45) is 10.9 Å². The number of amidine groups is 1. The van der Waals surface area contributed by atoms with Crippen LogP contribution in [-0.4, -0.2) is 39.5 Å². The number of anilines is 1. The third-order valence-corrected chi connectivity index (χ3v) is 8.85. The van der Waals surface area contributed by atoms with Crippen molar-refractivity contribution >= 4 is 71.8 Å². The maximum atomic E-state index is 13.5. The van der Waals surface area contributed by atoms with Gasteiger partial charge in [0.1, 0.15) is 11.3 Å². The summed E-state index contributed by atoms with van der Waals surface area (Å²) in [5.74, 6) is 0.525. The van der Waals surface area contributed by atoms with E-state index in [1.165, 1.54) is 18.2 Å². The minimum atomic E-state index is -4.61. The molecule has 3 aromatic carbocycles. The number of thioether (sulfide) groups is 1. The fourth-order valence-corrected chi connectivity index (χ4v) is 7.53. The lowest BCUT2D eigenvalue weighted by Gasteiger charge is -2.33. The molecule has 0 aromatic heterocycles. The Morgan fingerprint density at radius 2 is 1.68 bits per heavy atom. The maximum absolute atomic E-state index is 13.5. The van der Waals surface area contributed by atoms with Crippen LogP contribution in [0.2, 0.25) is 0 Å². The average Bonchev–Trinajstić information content (AvgIpc) is 3.32. The molecule has 0 aliphatic carbocycles. The summed E-state index contributed by atoms with van der Waals surface area (Å²) >= 11 is 14.6. The highest BCUT2D eigenvalue weighted by Gasteiger charge is 2.44. The number of nitrogens with zero attached hydrogens (tertiary/aromatic N) is 2. The van der Waals surface area contributed by atoms with Gasteiger partial charge in [0.05, 0.1) is 6.04 Å². The van der Waals surface area contributed by atoms with Crippen LogP contribution in [0.3, 0.4) is 0 Å². The first-order valence-corrected chi connectivity index (χ1v) is 15.6. The van der Waals surface area contributed by atoms with Gasteiger partial charge in [0, 0.05) is 26.5 Å². The van der Waals surface area contributed by atoms with Crippen LogP contribution >= 0.6 is 55.8 Å². The molecule has 1 aliphatic rings. The second kappa shape index (κ2) is 13.0. The molecule has 1 fully saturated rings. The summed E-state index contributed by atoms with van der Waals surface area (Å²) in [7, 11) is 0. The van der Waals surface area contributed by atoms with Crippen molar-refractivity contribution in [2.45, 2.75) is 44.9 Å². The lowest BCUT2D eigenvalue weighted by molar-refractivity contribution is -0.253. The molecule has 4 nitrogen and oxygen atoms in total. The molecular formula is C29H27Br2F4N3OS2. The second-order valence-corrected chi connectivity index (χ2v) is 13.1. The van der Waals surface area contributed by atoms with Crippen LogP contribution in [-0.2, 0) is 5.54 Å². The molecule has 218 valence electrons. The van der Waals surface area contributed by atoms with Crippen LogP contribution in [0.15, 0.2) is 86.7 Å². The monoisotopic (exact) mass is 731 g/mol. The van der Waals surface area contributed by atoms with Gasteiger partial charge in [0.15, 0.2) is 10.3 Å². The van der Waals surface area contributed by atoms with Crippen molar-refractivity contribution in [1.82, 2.24) is 4.90 Å². The van der Waals surface area contributed by atoms with E-state index in [2.05, 4.69) is 55.8 Å². The van der Waals surface area contributed by atoms with Gasteiger partial charge in [-0.2, -0.15) is 17.6 Å². The minimum absolute atomic E-state index is 0.00406. The Kier molecular flexibility index (Phi) is 10.1. The first-order valence-electron chi connectivity index (χ1n) is 12.6. The first kappa shape index (κ1) is 31.8. The highest BCUT2D eigenvalue weighted by molar-refractivity contribution is 9.11. The van der Waals surface area contributed by atoms with E-state index >= 15 is 0 Å². The molecule has 0 amide bonds. The number of nitrogens with one attached hydrogen (secondary N) is 1. The maximum Gasteiger partial charge on any atom is 0.461 e. The Morgan fingerprint density at radius 3 is 2.29 bits per heavy atom. The third kappa shape index (κ3) is 7.44. The van der Waals surface area contributed by atoms with E-state index in [1.54, 1.807) is 17.8 Å². The number of ether oxygens (including phenoxy) is 1. The van der Waals surface area contributed by atoms with Crippen molar-refractivity contribution in [2.75, 3.05) is 11.1 Å². The summed E-state index contributed by atoms with van der Waals surface area (Å²) in [6, 6.07) is 21.4. The molecule has 4 rings (SSSR count). The van der Waals surface area contributed by atoms with Crippen LogP contribution in [0, 0.1) is 5.92 Å². The van der Waals surface area contributed by atoms with E-state index in [0.717, 1.165) is 25.8 Å². The first-order chi connectivity index (χ1) is 19.3. The molecule has 0 saturated carbocycles. The highest BCUT2D eigenvalue weighted by Crippen LogP contribution is 2.40. The van der Waals surface area contributed by atoms with Gasteiger partial charge in [0.25, 0.3) is 0 Å². The molecule has 0 radical (unpaired) electrons. The summed E-state index contributed by atoms with van der Waals surface area (Å²) in [4.78, 5) is 7.27. The predicted octanol–water partition coefficient (Wildman–Crippen LogP) is 9.54. The lowest BCUT2D eigenvalue weighted by Crippen LogP contribution is -2.45. The Morgan fingerprint density at radius 1 is 1.02 bits per heavy atom. The van der Waals surface area contributed by atoms with Gasteiger partial charge in [-0.05, 0) is 66.5 Å². The summed E-state index contributed by atoms with van der Waals surface area (Å²) in [6.45, 7) is 6.23. The molecule has 1 saturated heterocycles. The zero-order valence-electron chi connectivity index (χ0n) is 22.3. The molecule has 12 heteroatoms. The van der Waals surface area contributed by atoms with E-state index in [9.17, 15) is 17.6 Å². The number of thiocarbonyl (C=S) groups is 1. The standard InChI is InChI=1S/C29H27Br2F4N3OS2/c1-17(2)24-16-41-27(37-28(3,18-8-5-4-6-9-18)19-12-20(30)14-21(31)13-19)38(24)26(40)36-22-10-7-11-23(15-22)39-29(34,35)25(32)33/h4-15,17,24-25H,16H2,1-3H3,(H,36,40)/b37-27+. The number of alkyl halides is 4. The fourth-order valence-electron chi connectivity index (χ4n) is 4.37. The molecular weight excluding hydrogens is 706 g/mol. The summed E-state index contributed by atoms with van der Waals surface area (Å²) in [6.07, 6.45) is -8.58. The second-order valence-electron chi connectivity index (χ2n) is 9.91. The Hall–Kier alpha value is -2.15. The molecule has 1 N–H and O–H groups in total. The van der Waals surface area contributed by atoms with Crippen LogP contribution in [0.4, 0.5) is 23.2 Å². The summed E-state index contributed by atoms with van der Waals surface area (Å²) < 4.78 is 58.4. The fraction of sp³-hybridized carbons (Fsp3) is 0.310. The van der Waals surface area contributed by atoms with E-state index in [-0.39, 0.29) is 12.0 Å². The number of hydrogen-bond donors (Lipinski definition) is 1. The molecule has 41 heavy (non-hydrogen) atoms. The number of aliphatic imine (C=N–C) groups is 1. The van der Waals surface area contributed by atoms with Crippen molar-refractivity contribution in [3.05, 3.63) is 92.9 Å². The van der Waals surface area contributed by atoms with Crippen molar-refractivity contribution < 1.29 is 22.3 Å². The van der Waals surface area contributed by atoms with Crippen LogP contribution in [0.1, 0.15) is 31.9 Å². The molecule has 1 aliphatic heterocycles. The number of rotatable bonds is 8. The van der Waals surface area contributed by atoms with Gasteiger partial charge in [-0.3, -0.25) is 4.90 Å². The van der Waals surface area contributed by atoms with Gasteiger partial charge >= 0.3 is 12.5 Å². The Labute approximate surface area is 263 Å². The molecule has 0 bridgehead atoms. The van der Waals surface area contributed by atoms with E-state index in [0.29, 0.717) is 16.0 Å². The highest BCUT2D eigenvalue weighted by atomic mass is 79.9. The molecule has 2 unspecified atom stereocenters. The zero-order valence-corrected chi connectivity index (χ0v) is 27.1. The molecule has 0 spiro atoms. The van der Waals surface area contributed by atoms with Crippen molar-refractivity contribution in [3.63, 3.8) is 0 Å². The van der Waals surface area contributed by atoms with Gasteiger partial charge in [-0.1, -0.05) is 93.9 Å². The SMILES string of the molecule is CC(C)C1CS/C(=N/C(C)(c2ccccc2)c2cc(Br)cc(Br)c2)N1C(=S)Nc1cccc(OC(F)(F)C(F)F)c1. The van der Waals surface area contributed by atoms with Gasteiger partial charge in [0.2, 0.25) is 0 Å². The van der Waals surface area contributed by atoms with E-state index in [1.807, 2.05) is 60.4 Å². The van der Waals surface area contributed by atoms with Crippen molar-refractivity contribution in [1.29, 1.82) is 0 Å². The van der Waals surface area contributed by atoms with Gasteiger partial charge in [-0.15, -0.1) is 0 Å². The topological polar surface area (TPSA) is 36.9 Å². The number of halogens is 6. The third-order valence-electron chi connectivity index (χ3n) is 6.58.